The molecule has 2 rings (SSSR count). The third-order valence-corrected chi connectivity index (χ3v) is 4.38. The molecular formula is C13H16BrFO2. The number of aliphatic hydroxyl groups is 1. The summed E-state index contributed by atoms with van der Waals surface area (Å²) in [6.07, 6.45) is 1.05. The molecule has 1 fully saturated rings. The molecule has 1 aliphatic rings. The number of ether oxygens (including phenoxy) is 1. The topological polar surface area (TPSA) is 29.5 Å². The van der Waals surface area contributed by atoms with Gasteiger partial charge in [-0.05, 0) is 27.6 Å². The van der Waals surface area contributed by atoms with Crippen molar-refractivity contribution in [2.24, 2.45) is 5.92 Å². The first-order valence-corrected chi connectivity index (χ1v) is 6.55. The minimum Gasteiger partial charge on any atom is -0.389 e. The van der Waals surface area contributed by atoms with Gasteiger partial charge in [-0.3, -0.25) is 0 Å². The smallest absolute Gasteiger partial charge is 0.137 e. The Labute approximate surface area is 109 Å². The Morgan fingerprint density at radius 3 is 3.06 bits per heavy atom. The molecule has 0 aliphatic carbocycles. The second-order valence-electron chi connectivity index (χ2n) is 4.72. The van der Waals surface area contributed by atoms with Gasteiger partial charge in [-0.2, -0.15) is 0 Å². The van der Waals surface area contributed by atoms with Gasteiger partial charge < -0.3 is 9.84 Å². The van der Waals surface area contributed by atoms with E-state index in [1.165, 1.54) is 6.07 Å². The normalized spacial score (nSPS) is 29.3. The first-order valence-electron chi connectivity index (χ1n) is 5.76. The monoisotopic (exact) mass is 302 g/mol. The standard InChI is InChI=1S/C13H16BrFO2/c1-9-8-17-6-5-13(9,16)7-10-3-2-4-11(15)12(10)14/h2-4,9,16H,5-8H2,1H3. The van der Waals surface area contributed by atoms with Gasteiger partial charge in [0.25, 0.3) is 0 Å². The van der Waals surface area contributed by atoms with Gasteiger partial charge >= 0.3 is 0 Å². The highest BCUT2D eigenvalue weighted by Gasteiger charge is 2.37. The average molecular weight is 303 g/mol. The number of hydrogen-bond donors (Lipinski definition) is 1. The van der Waals surface area contributed by atoms with Gasteiger partial charge in [-0.1, -0.05) is 19.1 Å². The van der Waals surface area contributed by atoms with E-state index in [1.807, 2.05) is 13.0 Å². The fraction of sp³-hybridized carbons (Fsp3) is 0.538. The van der Waals surface area contributed by atoms with Crippen molar-refractivity contribution in [1.29, 1.82) is 0 Å². The van der Waals surface area contributed by atoms with Crippen molar-refractivity contribution in [3.05, 3.63) is 34.1 Å². The summed E-state index contributed by atoms with van der Waals surface area (Å²) in [7, 11) is 0. The molecule has 17 heavy (non-hydrogen) atoms. The van der Waals surface area contributed by atoms with Crippen LogP contribution in [0.15, 0.2) is 22.7 Å². The number of halogens is 2. The summed E-state index contributed by atoms with van der Waals surface area (Å²) in [5.41, 5.74) is 0.00965. The van der Waals surface area contributed by atoms with E-state index in [4.69, 9.17) is 4.74 Å². The maximum absolute atomic E-state index is 13.4. The van der Waals surface area contributed by atoms with Crippen LogP contribution in [0.5, 0.6) is 0 Å². The SMILES string of the molecule is CC1COCCC1(O)Cc1cccc(F)c1Br. The summed E-state index contributed by atoms with van der Waals surface area (Å²) in [5, 5.41) is 10.6. The Morgan fingerprint density at radius 2 is 2.35 bits per heavy atom. The molecule has 1 aromatic carbocycles. The highest BCUT2D eigenvalue weighted by atomic mass is 79.9. The highest BCUT2D eigenvalue weighted by molar-refractivity contribution is 9.10. The van der Waals surface area contributed by atoms with Crippen LogP contribution in [0.4, 0.5) is 4.39 Å². The van der Waals surface area contributed by atoms with Crippen LogP contribution < -0.4 is 0 Å². The van der Waals surface area contributed by atoms with E-state index >= 15 is 0 Å². The summed E-state index contributed by atoms with van der Waals surface area (Å²) < 4.78 is 19.2. The zero-order valence-corrected chi connectivity index (χ0v) is 11.3. The number of rotatable bonds is 2. The third-order valence-electron chi connectivity index (χ3n) is 3.49. The minimum atomic E-state index is -0.797. The van der Waals surface area contributed by atoms with Crippen LogP contribution in [-0.2, 0) is 11.2 Å². The maximum atomic E-state index is 13.4. The van der Waals surface area contributed by atoms with E-state index in [2.05, 4.69) is 15.9 Å². The van der Waals surface area contributed by atoms with Gasteiger partial charge in [-0.25, -0.2) is 4.39 Å². The molecule has 1 N–H and O–H groups in total. The zero-order chi connectivity index (χ0) is 12.5. The minimum absolute atomic E-state index is 0.0615. The van der Waals surface area contributed by atoms with E-state index in [1.54, 1.807) is 6.07 Å². The lowest BCUT2D eigenvalue weighted by molar-refractivity contribution is -0.105. The largest absolute Gasteiger partial charge is 0.389 e. The van der Waals surface area contributed by atoms with Crippen LogP contribution in [0.3, 0.4) is 0 Å². The van der Waals surface area contributed by atoms with Crippen molar-refractivity contribution in [1.82, 2.24) is 0 Å². The first-order chi connectivity index (χ1) is 8.03. The van der Waals surface area contributed by atoms with Crippen LogP contribution in [0.1, 0.15) is 18.9 Å². The molecule has 0 aromatic heterocycles. The van der Waals surface area contributed by atoms with Gasteiger partial charge in [0, 0.05) is 25.4 Å². The average Bonchev–Trinajstić information content (AvgIpc) is 2.29. The quantitative estimate of drug-likeness (QED) is 0.910. The van der Waals surface area contributed by atoms with Crippen LogP contribution >= 0.6 is 15.9 Å². The zero-order valence-electron chi connectivity index (χ0n) is 9.75. The molecule has 4 heteroatoms. The molecule has 0 bridgehead atoms. The summed E-state index contributed by atoms with van der Waals surface area (Å²) in [6, 6.07) is 4.92. The van der Waals surface area contributed by atoms with Gasteiger partial charge in [-0.15, -0.1) is 0 Å². The van der Waals surface area contributed by atoms with Crippen molar-refractivity contribution in [3.63, 3.8) is 0 Å². The predicted molar refractivity (Wildman–Crippen MR) is 67.4 cm³/mol. The lowest BCUT2D eigenvalue weighted by Gasteiger charge is -2.38. The molecule has 0 amide bonds. The van der Waals surface area contributed by atoms with Crippen molar-refractivity contribution in [3.8, 4) is 0 Å². The second kappa shape index (κ2) is 5.04. The van der Waals surface area contributed by atoms with E-state index in [9.17, 15) is 9.50 Å². The molecule has 0 radical (unpaired) electrons. The summed E-state index contributed by atoms with van der Waals surface area (Å²) in [6.45, 7) is 3.09. The Kier molecular flexibility index (Phi) is 3.85. The molecule has 1 heterocycles. The summed E-state index contributed by atoms with van der Waals surface area (Å²) in [5.74, 6) is -0.225. The highest BCUT2D eigenvalue weighted by Crippen LogP contribution is 2.33. The Balaban J connectivity index is 2.22. The van der Waals surface area contributed by atoms with E-state index in [0.29, 0.717) is 30.5 Å². The second-order valence-corrected chi connectivity index (χ2v) is 5.51. The van der Waals surface area contributed by atoms with Crippen molar-refractivity contribution in [2.45, 2.75) is 25.4 Å². The van der Waals surface area contributed by atoms with Crippen molar-refractivity contribution in [2.75, 3.05) is 13.2 Å². The lowest BCUT2D eigenvalue weighted by Crippen LogP contribution is -2.45. The van der Waals surface area contributed by atoms with Gasteiger partial charge in [0.1, 0.15) is 5.82 Å². The first kappa shape index (κ1) is 13.0. The lowest BCUT2D eigenvalue weighted by atomic mass is 9.80. The van der Waals surface area contributed by atoms with Gasteiger partial charge in [0.05, 0.1) is 16.7 Å². The Hall–Kier alpha value is -0.450. The van der Waals surface area contributed by atoms with Crippen LogP contribution in [0, 0.1) is 11.7 Å². The van der Waals surface area contributed by atoms with Gasteiger partial charge in [0.15, 0.2) is 0 Å². The molecule has 1 aliphatic heterocycles. The van der Waals surface area contributed by atoms with Crippen molar-refractivity contribution >= 4 is 15.9 Å². The molecule has 94 valence electrons. The van der Waals surface area contributed by atoms with Crippen LogP contribution in [0.25, 0.3) is 0 Å². The number of hydrogen-bond acceptors (Lipinski definition) is 2. The fourth-order valence-corrected chi connectivity index (χ4v) is 2.59. The summed E-state index contributed by atoms with van der Waals surface area (Å²) >= 11 is 3.23. The Morgan fingerprint density at radius 1 is 1.59 bits per heavy atom. The van der Waals surface area contributed by atoms with E-state index in [0.717, 1.165) is 5.56 Å². The molecule has 0 saturated carbocycles. The van der Waals surface area contributed by atoms with Crippen LogP contribution in [-0.4, -0.2) is 23.9 Å². The predicted octanol–water partition coefficient (Wildman–Crippen LogP) is 2.92. The molecule has 0 spiro atoms. The van der Waals surface area contributed by atoms with Crippen molar-refractivity contribution < 1.29 is 14.2 Å². The van der Waals surface area contributed by atoms with Crippen LogP contribution in [0.2, 0.25) is 0 Å². The molecular weight excluding hydrogens is 287 g/mol. The molecule has 1 saturated heterocycles. The molecule has 2 unspecified atom stereocenters. The Bertz CT molecular complexity index is 410. The molecule has 2 nitrogen and oxygen atoms in total. The third kappa shape index (κ3) is 2.69. The fourth-order valence-electron chi connectivity index (χ4n) is 2.19. The maximum Gasteiger partial charge on any atom is 0.137 e. The number of benzene rings is 1. The van der Waals surface area contributed by atoms with E-state index in [-0.39, 0.29) is 11.7 Å². The molecule has 1 aromatic rings. The molecule has 2 atom stereocenters. The van der Waals surface area contributed by atoms with Gasteiger partial charge in [0.2, 0.25) is 0 Å². The summed E-state index contributed by atoms with van der Waals surface area (Å²) in [4.78, 5) is 0. The van der Waals surface area contributed by atoms with E-state index < -0.39 is 5.60 Å².